The molecule has 0 aliphatic rings. The van der Waals surface area contributed by atoms with Crippen molar-refractivity contribution in [2.45, 2.75) is 6.18 Å². The highest BCUT2D eigenvalue weighted by molar-refractivity contribution is 7.07. The molecule has 0 aliphatic heterocycles. The predicted molar refractivity (Wildman–Crippen MR) is 103 cm³/mol. The normalized spacial score (nSPS) is 13.1. The summed E-state index contributed by atoms with van der Waals surface area (Å²) < 4.78 is 46.2. The van der Waals surface area contributed by atoms with Crippen molar-refractivity contribution in [3.63, 3.8) is 0 Å². The fraction of sp³-hybridized carbons (Fsp3) is 0.100. The van der Waals surface area contributed by atoms with Crippen molar-refractivity contribution >= 4 is 28.5 Å². The van der Waals surface area contributed by atoms with Crippen LogP contribution in [-0.4, -0.2) is 17.9 Å². The van der Waals surface area contributed by atoms with Crippen LogP contribution in [0.2, 0.25) is 0 Å². The van der Waals surface area contributed by atoms with Crippen molar-refractivity contribution in [2.24, 2.45) is 10.1 Å². The molecule has 0 radical (unpaired) electrons. The van der Waals surface area contributed by atoms with Gasteiger partial charge in [0.2, 0.25) is 4.80 Å². The lowest BCUT2D eigenvalue weighted by atomic mass is 10.1. The molecule has 0 atom stereocenters. The number of rotatable bonds is 3. The van der Waals surface area contributed by atoms with E-state index in [4.69, 9.17) is 4.42 Å². The molecule has 2 heterocycles. The molecule has 0 bridgehead atoms. The molecule has 0 unspecified atom stereocenters. The van der Waals surface area contributed by atoms with Gasteiger partial charge in [-0.05, 0) is 29.8 Å². The molecule has 0 N–H and O–H groups in total. The Bertz CT molecular complexity index is 1200. The Kier molecular flexibility index (Phi) is 4.64. The molecular formula is C20H14F3N3OS. The molecule has 0 spiro atoms. The average molecular weight is 401 g/mol. The number of para-hydroxylation sites is 1. The van der Waals surface area contributed by atoms with E-state index in [1.165, 1.54) is 23.6 Å². The van der Waals surface area contributed by atoms with E-state index in [0.717, 1.165) is 23.1 Å². The Morgan fingerprint density at radius 2 is 1.89 bits per heavy atom. The van der Waals surface area contributed by atoms with E-state index in [2.05, 4.69) is 10.1 Å². The molecule has 0 amide bonds. The van der Waals surface area contributed by atoms with Gasteiger partial charge >= 0.3 is 6.18 Å². The lowest BCUT2D eigenvalue weighted by molar-refractivity contribution is -0.137. The molecule has 0 saturated carbocycles. The molecule has 4 nitrogen and oxygen atoms in total. The molecule has 28 heavy (non-hydrogen) atoms. The third-order valence-corrected chi connectivity index (χ3v) is 5.00. The quantitative estimate of drug-likeness (QED) is 0.424. The Morgan fingerprint density at radius 3 is 2.64 bits per heavy atom. The van der Waals surface area contributed by atoms with Crippen molar-refractivity contribution in [1.82, 2.24) is 4.68 Å². The first-order valence-electron chi connectivity index (χ1n) is 8.29. The molecule has 0 fully saturated rings. The summed E-state index contributed by atoms with van der Waals surface area (Å²) in [5.41, 5.74) is 1.04. The predicted octanol–water partition coefficient (Wildman–Crippen LogP) is 5.39. The van der Waals surface area contributed by atoms with E-state index in [-0.39, 0.29) is 0 Å². The monoisotopic (exact) mass is 401 g/mol. The van der Waals surface area contributed by atoms with E-state index >= 15 is 0 Å². The molecule has 0 aliphatic carbocycles. The zero-order valence-electron chi connectivity index (χ0n) is 14.6. The van der Waals surface area contributed by atoms with Crippen LogP contribution >= 0.6 is 11.3 Å². The van der Waals surface area contributed by atoms with Crippen molar-refractivity contribution in [3.8, 4) is 11.5 Å². The van der Waals surface area contributed by atoms with E-state index in [1.54, 1.807) is 17.8 Å². The van der Waals surface area contributed by atoms with Crippen LogP contribution in [0.25, 0.3) is 22.4 Å². The number of alkyl halides is 3. The molecule has 0 saturated heterocycles. The van der Waals surface area contributed by atoms with Crippen LogP contribution in [0, 0.1) is 0 Å². The van der Waals surface area contributed by atoms with Crippen molar-refractivity contribution in [1.29, 1.82) is 0 Å². The second-order valence-corrected chi connectivity index (χ2v) is 6.79. The highest BCUT2D eigenvalue weighted by Crippen LogP contribution is 2.30. The number of aromatic nitrogens is 1. The molecule has 8 heteroatoms. The van der Waals surface area contributed by atoms with E-state index < -0.39 is 11.7 Å². The summed E-state index contributed by atoms with van der Waals surface area (Å²) >= 11 is 1.37. The number of benzene rings is 2. The number of thiazole rings is 1. The Morgan fingerprint density at radius 1 is 1.07 bits per heavy atom. The molecule has 2 aromatic heterocycles. The molecule has 142 valence electrons. The first kappa shape index (κ1) is 18.2. The summed E-state index contributed by atoms with van der Waals surface area (Å²) in [5, 5.41) is 7.16. The van der Waals surface area contributed by atoms with E-state index in [0.29, 0.717) is 21.8 Å². The Hall–Kier alpha value is -3.13. The lowest BCUT2D eigenvalue weighted by Gasteiger charge is -2.06. The summed E-state index contributed by atoms with van der Waals surface area (Å²) in [4.78, 5) is 4.78. The van der Waals surface area contributed by atoms with Crippen LogP contribution < -0.4 is 4.80 Å². The largest absolute Gasteiger partial charge is 0.454 e. The highest BCUT2D eigenvalue weighted by atomic mass is 32.1. The standard InChI is InChI=1S/C20H14F3N3OS/c1-24-19-26(25-11-13-5-4-7-15(9-13)20(21,22)23)16(12-28-19)18-10-14-6-2-3-8-17(14)27-18/h2-12H,1H3/b24-19?,25-11-. The van der Waals surface area contributed by atoms with Gasteiger partial charge in [0.15, 0.2) is 5.76 Å². The van der Waals surface area contributed by atoms with E-state index in [9.17, 15) is 13.2 Å². The second-order valence-electron chi connectivity index (χ2n) is 5.96. The number of hydrogen-bond donors (Lipinski definition) is 0. The second kappa shape index (κ2) is 7.12. The van der Waals surface area contributed by atoms with Gasteiger partial charge in [0, 0.05) is 17.8 Å². The zero-order valence-corrected chi connectivity index (χ0v) is 15.5. The summed E-state index contributed by atoms with van der Waals surface area (Å²) in [7, 11) is 1.63. The summed E-state index contributed by atoms with van der Waals surface area (Å²) in [6.07, 6.45) is -3.02. The Balaban J connectivity index is 1.76. The van der Waals surface area contributed by atoms with E-state index in [1.807, 2.05) is 35.7 Å². The topological polar surface area (TPSA) is 42.8 Å². The van der Waals surface area contributed by atoms with Gasteiger partial charge in [-0.25, -0.2) is 4.68 Å². The zero-order chi connectivity index (χ0) is 19.7. The average Bonchev–Trinajstić information content (AvgIpc) is 3.29. The van der Waals surface area contributed by atoms with Gasteiger partial charge in [-0.15, -0.1) is 11.3 Å². The SMILES string of the molecule is CN=c1scc(-c2cc3ccccc3o2)n1/N=C\c1cccc(C(F)(F)F)c1. The third kappa shape index (κ3) is 3.50. The first-order valence-corrected chi connectivity index (χ1v) is 9.17. The minimum Gasteiger partial charge on any atom is -0.454 e. The van der Waals surface area contributed by atoms with Crippen molar-refractivity contribution in [2.75, 3.05) is 7.05 Å². The van der Waals surface area contributed by atoms with Crippen LogP contribution in [0.5, 0.6) is 0 Å². The number of hydrogen-bond acceptors (Lipinski definition) is 4. The fourth-order valence-electron chi connectivity index (χ4n) is 2.76. The van der Waals surface area contributed by atoms with Crippen molar-refractivity contribution < 1.29 is 17.6 Å². The van der Waals surface area contributed by atoms with Gasteiger partial charge in [-0.3, -0.25) is 4.99 Å². The van der Waals surface area contributed by atoms with Crippen LogP contribution in [0.1, 0.15) is 11.1 Å². The van der Waals surface area contributed by atoms with Gasteiger partial charge in [-0.1, -0.05) is 30.3 Å². The fourth-order valence-corrected chi connectivity index (χ4v) is 3.54. The van der Waals surface area contributed by atoms with Gasteiger partial charge in [0.05, 0.1) is 11.8 Å². The van der Waals surface area contributed by atoms with Crippen LogP contribution in [-0.2, 0) is 6.18 Å². The van der Waals surface area contributed by atoms with Crippen LogP contribution in [0.4, 0.5) is 13.2 Å². The third-order valence-electron chi connectivity index (χ3n) is 4.09. The van der Waals surface area contributed by atoms with Gasteiger partial charge in [-0.2, -0.15) is 18.3 Å². The summed E-state index contributed by atoms with van der Waals surface area (Å²) in [6, 6.07) is 14.5. The number of furan rings is 1. The minimum absolute atomic E-state index is 0.339. The molecule has 4 rings (SSSR count). The molecular weight excluding hydrogens is 387 g/mol. The number of halogens is 3. The number of fused-ring (bicyclic) bond motifs is 1. The maximum Gasteiger partial charge on any atom is 0.416 e. The minimum atomic E-state index is -4.40. The van der Waals surface area contributed by atoms with Crippen molar-refractivity contribution in [3.05, 3.63) is 75.9 Å². The summed E-state index contributed by atoms with van der Waals surface area (Å²) in [5.74, 6) is 0.605. The van der Waals surface area contributed by atoms with Gasteiger partial charge in [0.25, 0.3) is 0 Å². The lowest BCUT2D eigenvalue weighted by Crippen LogP contribution is -2.11. The van der Waals surface area contributed by atoms with Crippen LogP contribution in [0.15, 0.2) is 74.5 Å². The first-order chi connectivity index (χ1) is 13.5. The van der Waals surface area contributed by atoms with Crippen LogP contribution in [0.3, 0.4) is 0 Å². The smallest absolute Gasteiger partial charge is 0.416 e. The highest BCUT2D eigenvalue weighted by Gasteiger charge is 2.30. The van der Waals surface area contributed by atoms with Gasteiger partial charge in [0.1, 0.15) is 11.3 Å². The summed E-state index contributed by atoms with van der Waals surface area (Å²) in [6.45, 7) is 0. The maximum absolute atomic E-state index is 12.9. The van der Waals surface area contributed by atoms with Gasteiger partial charge < -0.3 is 4.42 Å². The maximum atomic E-state index is 12.9. The Labute approximate surface area is 161 Å². The molecule has 4 aromatic rings. The molecule has 2 aromatic carbocycles. The number of nitrogens with zero attached hydrogens (tertiary/aromatic N) is 3.